The highest BCUT2D eigenvalue weighted by Crippen LogP contribution is 2.30. The molecule has 0 amide bonds. The summed E-state index contributed by atoms with van der Waals surface area (Å²) >= 11 is 0. The average Bonchev–Trinajstić information content (AvgIpc) is 2.60. The Morgan fingerprint density at radius 2 is 1.94 bits per heavy atom. The molecule has 0 saturated heterocycles. The van der Waals surface area contributed by atoms with E-state index >= 15 is 0 Å². The lowest BCUT2D eigenvalue weighted by Gasteiger charge is -2.27. The molecule has 0 aliphatic heterocycles. The van der Waals surface area contributed by atoms with Gasteiger partial charge in [0.25, 0.3) is 0 Å². The highest BCUT2D eigenvalue weighted by molar-refractivity contribution is 5.66. The second kappa shape index (κ2) is 5.18. The summed E-state index contributed by atoms with van der Waals surface area (Å²) < 4.78 is 1.83. The number of aliphatic hydroxyl groups is 1. The smallest absolute Gasteiger partial charge is 0.148 e. The first-order valence-corrected chi connectivity index (χ1v) is 6.76. The Labute approximate surface area is 108 Å². The highest BCUT2D eigenvalue weighted by Gasteiger charge is 2.22. The molecule has 0 aromatic carbocycles. The van der Waals surface area contributed by atoms with Gasteiger partial charge in [0.15, 0.2) is 0 Å². The van der Waals surface area contributed by atoms with E-state index < -0.39 is 0 Å². The van der Waals surface area contributed by atoms with Gasteiger partial charge in [0.2, 0.25) is 0 Å². The van der Waals surface area contributed by atoms with Crippen LogP contribution < -0.4 is 11.1 Å². The summed E-state index contributed by atoms with van der Waals surface area (Å²) in [5.74, 6) is 1.25. The number of hydrogen-bond acceptors (Lipinski definition) is 4. The van der Waals surface area contributed by atoms with Crippen molar-refractivity contribution in [3.05, 3.63) is 5.69 Å². The molecule has 0 bridgehead atoms. The average molecular weight is 252 g/mol. The second-order valence-corrected chi connectivity index (χ2v) is 5.58. The van der Waals surface area contributed by atoms with Crippen LogP contribution in [-0.4, -0.2) is 27.0 Å². The molecule has 5 heteroatoms. The van der Waals surface area contributed by atoms with Crippen molar-refractivity contribution < 1.29 is 5.11 Å². The normalized spacial score (nSPS) is 24.5. The van der Waals surface area contributed by atoms with Gasteiger partial charge in [0.1, 0.15) is 5.82 Å². The fourth-order valence-corrected chi connectivity index (χ4v) is 2.57. The van der Waals surface area contributed by atoms with Crippen LogP contribution in [0.25, 0.3) is 0 Å². The van der Waals surface area contributed by atoms with Crippen LogP contribution >= 0.6 is 0 Å². The molecule has 102 valence electrons. The Balaban J connectivity index is 2.09. The molecule has 1 saturated carbocycles. The van der Waals surface area contributed by atoms with Gasteiger partial charge < -0.3 is 16.2 Å². The van der Waals surface area contributed by atoms with Gasteiger partial charge in [-0.2, -0.15) is 5.10 Å². The summed E-state index contributed by atoms with van der Waals surface area (Å²) in [6, 6.07) is 0.395. The van der Waals surface area contributed by atoms with Crippen LogP contribution in [0.5, 0.6) is 0 Å². The monoisotopic (exact) mass is 252 g/mol. The number of hydrogen-bond donors (Lipinski definition) is 3. The number of aryl methyl sites for hydroxylation is 1. The third kappa shape index (κ3) is 2.61. The Morgan fingerprint density at radius 3 is 2.44 bits per heavy atom. The van der Waals surface area contributed by atoms with Gasteiger partial charge in [-0.15, -0.1) is 0 Å². The summed E-state index contributed by atoms with van der Waals surface area (Å²) in [7, 11) is 1.92. The van der Waals surface area contributed by atoms with Crippen molar-refractivity contribution in [1.82, 2.24) is 9.78 Å². The molecule has 4 N–H and O–H groups in total. The summed E-state index contributed by atoms with van der Waals surface area (Å²) in [6.45, 7) is 4.19. The minimum Gasteiger partial charge on any atom is -0.394 e. The molecule has 1 heterocycles. The van der Waals surface area contributed by atoms with E-state index in [1.807, 2.05) is 11.7 Å². The predicted octanol–water partition coefficient (Wildman–Crippen LogP) is 1.84. The number of nitrogens with one attached hydrogen (secondary N) is 1. The zero-order chi connectivity index (χ0) is 13.3. The number of anilines is 2. The zero-order valence-corrected chi connectivity index (χ0v) is 11.5. The van der Waals surface area contributed by atoms with E-state index in [-0.39, 0.29) is 6.10 Å². The molecule has 18 heavy (non-hydrogen) atoms. The molecule has 0 radical (unpaired) electrons. The number of aliphatic hydroxyl groups excluding tert-OH is 1. The van der Waals surface area contributed by atoms with Gasteiger partial charge in [0, 0.05) is 13.1 Å². The Bertz CT molecular complexity index is 405. The highest BCUT2D eigenvalue weighted by atomic mass is 16.3. The minimum atomic E-state index is -0.127. The molecular formula is C13H24N4O. The summed E-state index contributed by atoms with van der Waals surface area (Å²) in [6.07, 6.45) is 3.59. The molecule has 0 atom stereocenters. The lowest BCUT2D eigenvalue weighted by Crippen LogP contribution is -2.29. The van der Waals surface area contributed by atoms with Gasteiger partial charge in [-0.05, 0) is 31.6 Å². The molecule has 1 aromatic rings. The van der Waals surface area contributed by atoms with Gasteiger partial charge in [-0.3, -0.25) is 4.68 Å². The molecule has 1 aliphatic carbocycles. The lowest BCUT2D eigenvalue weighted by molar-refractivity contribution is 0.126. The molecule has 1 aliphatic rings. The van der Waals surface area contributed by atoms with Crippen LogP contribution in [0, 0.1) is 0 Å². The zero-order valence-electron chi connectivity index (χ0n) is 11.5. The van der Waals surface area contributed by atoms with Crippen molar-refractivity contribution in [1.29, 1.82) is 0 Å². The Hall–Kier alpha value is -1.23. The van der Waals surface area contributed by atoms with Crippen LogP contribution in [0.1, 0.15) is 51.1 Å². The first-order chi connectivity index (χ1) is 8.49. The maximum atomic E-state index is 9.51. The van der Waals surface area contributed by atoms with Crippen LogP contribution in [0.2, 0.25) is 0 Å². The maximum absolute atomic E-state index is 9.51. The van der Waals surface area contributed by atoms with Crippen molar-refractivity contribution in [2.24, 2.45) is 7.05 Å². The number of nitrogens with zero attached hydrogens (tertiary/aromatic N) is 2. The second-order valence-electron chi connectivity index (χ2n) is 5.58. The van der Waals surface area contributed by atoms with Crippen molar-refractivity contribution in [2.45, 2.75) is 57.6 Å². The van der Waals surface area contributed by atoms with Crippen molar-refractivity contribution >= 4 is 11.5 Å². The molecular weight excluding hydrogens is 228 g/mol. The van der Waals surface area contributed by atoms with E-state index in [9.17, 15) is 5.11 Å². The van der Waals surface area contributed by atoms with E-state index in [4.69, 9.17) is 5.73 Å². The van der Waals surface area contributed by atoms with Crippen LogP contribution in [0.4, 0.5) is 11.5 Å². The molecule has 1 aromatic heterocycles. The first-order valence-electron chi connectivity index (χ1n) is 6.76. The first kappa shape index (κ1) is 13.2. The molecule has 5 nitrogen and oxygen atoms in total. The van der Waals surface area contributed by atoms with Crippen molar-refractivity contribution in [2.75, 3.05) is 11.1 Å². The molecule has 2 rings (SSSR count). The molecule has 1 fully saturated rings. The van der Waals surface area contributed by atoms with Crippen molar-refractivity contribution in [3.63, 3.8) is 0 Å². The summed E-state index contributed by atoms with van der Waals surface area (Å²) in [5, 5.41) is 17.5. The van der Waals surface area contributed by atoms with Gasteiger partial charge >= 0.3 is 0 Å². The lowest BCUT2D eigenvalue weighted by atomic mass is 9.93. The third-order valence-electron chi connectivity index (χ3n) is 3.70. The van der Waals surface area contributed by atoms with E-state index in [0.29, 0.717) is 12.0 Å². The van der Waals surface area contributed by atoms with Gasteiger partial charge in [-0.1, -0.05) is 13.8 Å². The SMILES string of the molecule is CC(C)c1nn(C)c(NC2CCC(O)CC2)c1N. The Kier molecular flexibility index (Phi) is 3.80. The van der Waals surface area contributed by atoms with Crippen molar-refractivity contribution in [3.8, 4) is 0 Å². The largest absolute Gasteiger partial charge is 0.394 e. The Morgan fingerprint density at radius 1 is 1.33 bits per heavy atom. The summed E-state index contributed by atoms with van der Waals surface area (Å²) in [5.41, 5.74) is 7.87. The number of nitrogens with two attached hydrogens (primary N) is 1. The van der Waals surface area contributed by atoms with Crippen LogP contribution in [-0.2, 0) is 7.05 Å². The molecule has 0 unspecified atom stereocenters. The number of rotatable bonds is 3. The minimum absolute atomic E-state index is 0.127. The number of nitrogen functional groups attached to an aromatic ring is 1. The number of aromatic nitrogens is 2. The third-order valence-corrected chi connectivity index (χ3v) is 3.70. The standard InChI is InChI=1S/C13H24N4O/c1-8(2)12-11(14)13(17(3)16-12)15-9-4-6-10(18)7-5-9/h8-10,15,18H,4-7,14H2,1-3H3. The predicted molar refractivity (Wildman–Crippen MR) is 73.6 cm³/mol. The summed E-state index contributed by atoms with van der Waals surface area (Å²) in [4.78, 5) is 0. The molecule has 0 spiro atoms. The van der Waals surface area contributed by atoms with Crippen LogP contribution in [0.15, 0.2) is 0 Å². The fourth-order valence-electron chi connectivity index (χ4n) is 2.57. The van der Waals surface area contributed by atoms with E-state index in [0.717, 1.165) is 42.9 Å². The fraction of sp³-hybridized carbons (Fsp3) is 0.769. The van der Waals surface area contributed by atoms with Gasteiger partial charge in [-0.25, -0.2) is 0 Å². The van der Waals surface area contributed by atoms with E-state index in [2.05, 4.69) is 24.3 Å². The van der Waals surface area contributed by atoms with Crippen LogP contribution in [0.3, 0.4) is 0 Å². The van der Waals surface area contributed by atoms with E-state index in [1.165, 1.54) is 0 Å². The maximum Gasteiger partial charge on any atom is 0.148 e. The van der Waals surface area contributed by atoms with Gasteiger partial charge in [0.05, 0.1) is 17.5 Å². The topological polar surface area (TPSA) is 76.1 Å². The quantitative estimate of drug-likeness (QED) is 0.767. The van der Waals surface area contributed by atoms with E-state index in [1.54, 1.807) is 0 Å².